The lowest BCUT2D eigenvalue weighted by molar-refractivity contribution is 0.245. The first-order valence-electron chi connectivity index (χ1n) is 8.03. The molecule has 2 aromatic heterocycles. The number of pyridine rings is 2. The third kappa shape index (κ3) is 5.90. The van der Waals surface area contributed by atoms with Crippen LogP contribution < -0.4 is 5.73 Å². The van der Waals surface area contributed by atoms with E-state index in [0.717, 1.165) is 55.4 Å². The predicted molar refractivity (Wildman–Crippen MR) is 95.4 cm³/mol. The summed E-state index contributed by atoms with van der Waals surface area (Å²) in [6.07, 6.45) is 5.78. The van der Waals surface area contributed by atoms with Crippen LogP contribution in [-0.2, 0) is 13.1 Å². The number of hydrogen-bond acceptors (Lipinski definition) is 4. The van der Waals surface area contributed by atoms with Crippen LogP contribution in [0.4, 0.5) is 0 Å². The number of unbranched alkanes of at least 4 members (excludes halogenated alkanes) is 1. The van der Waals surface area contributed by atoms with Gasteiger partial charge in [0, 0.05) is 30.5 Å². The van der Waals surface area contributed by atoms with Crippen molar-refractivity contribution >= 4 is 11.6 Å². The summed E-state index contributed by atoms with van der Waals surface area (Å²) in [6, 6.07) is 5.90. The molecular formula is C18H25ClN4. The van der Waals surface area contributed by atoms with Crippen molar-refractivity contribution in [2.24, 2.45) is 5.73 Å². The molecule has 4 nitrogen and oxygen atoms in total. The molecule has 2 rings (SSSR count). The first-order chi connectivity index (χ1) is 11.1. The second kappa shape index (κ2) is 8.96. The van der Waals surface area contributed by atoms with Gasteiger partial charge >= 0.3 is 0 Å². The van der Waals surface area contributed by atoms with Crippen LogP contribution in [0.1, 0.15) is 35.4 Å². The van der Waals surface area contributed by atoms with E-state index in [-0.39, 0.29) is 0 Å². The number of nitrogens with zero attached hydrogens (tertiary/aromatic N) is 3. The lowest BCUT2D eigenvalue weighted by Crippen LogP contribution is -2.26. The molecule has 2 aromatic rings. The van der Waals surface area contributed by atoms with Gasteiger partial charge in [0.05, 0.1) is 11.4 Å². The molecule has 0 aliphatic rings. The van der Waals surface area contributed by atoms with Crippen LogP contribution >= 0.6 is 11.6 Å². The normalized spacial score (nSPS) is 11.2. The van der Waals surface area contributed by atoms with Gasteiger partial charge < -0.3 is 5.73 Å². The zero-order chi connectivity index (χ0) is 16.7. The van der Waals surface area contributed by atoms with E-state index in [0.29, 0.717) is 0 Å². The molecule has 0 saturated carbocycles. The predicted octanol–water partition coefficient (Wildman–Crippen LogP) is 3.49. The van der Waals surface area contributed by atoms with Gasteiger partial charge in [-0.25, -0.2) is 0 Å². The van der Waals surface area contributed by atoms with Crippen molar-refractivity contribution in [3.05, 3.63) is 58.1 Å². The molecule has 0 saturated heterocycles. The first-order valence-corrected chi connectivity index (χ1v) is 8.41. The van der Waals surface area contributed by atoms with Crippen LogP contribution in [-0.4, -0.2) is 28.0 Å². The minimum atomic E-state index is 0.724. The molecule has 0 amide bonds. The monoisotopic (exact) mass is 332 g/mol. The molecule has 0 radical (unpaired) electrons. The maximum Gasteiger partial charge on any atom is 0.0573 e. The summed E-state index contributed by atoms with van der Waals surface area (Å²) >= 11 is 6.07. The number of aryl methyl sites for hydroxylation is 2. The van der Waals surface area contributed by atoms with Crippen LogP contribution in [0.25, 0.3) is 0 Å². The number of nitrogens with two attached hydrogens (primary N) is 1. The van der Waals surface area contributed by atoms with Crippen molar-refractivity contribution in [3.8, 4) is 0 Å². The Kier molecular flexibility index (Phi) is 6.96. The topological polar surface area (TPSA) is 55.0 Å². The number of aromatic nitrogens is 2. The molecule has 0 fully saturated rings. The van der Waals surface area contributed by atoms with Gasteiger partial charge in [-0.15, -0.1) is 0 Å². The zero-order valence-electron chi connectivity index (χ0n) is 13.9. The minimum absolute atomic E-state index is 0.724. The molecule has 23 heavy (non-hydrogen) atoms. The van der Waals surface area contributed by atoms with Gasteiger partial charge in [-0.2, -0.15) is 0 Å². The second-order valence-electron chi connectivity index (χ2n) is 5.95. The fourth-order valence-electron chi connectivity index (χ4n) is 2.58. The Bertz CT molecular complexity index is 630. The minimum Gasteiger partial charge on any atom is -0.330 e. The molecule has 0 bridgehead atoms. The summed E-state index contributed by atoms with van der Waals surface area (Å²) in [5.41, 5.74) is 10.1. The van der Waals surface area contributed by atoms with Gasteiger partial charge in [0.15, 0.2) is 0 Å². The highest BCUT2D eigenvalue weighted by Gasteiger charge is 2.11. The summed E-state index contributed by atoms with van der Waals surface area (Å²) in [5, 5.41) is 0.724. The van der Waals surface area contributed by atoms with E-state index >= 15 is 0 Å². The average molecular weight is 333 g/mol. The first kappa shape index (κ1) is 17.9. The molecule has 0 atom stereocenters. The van der Waals surface area contributed by atoms with E-state index in [1.54, 1.807) is 12.3 Å². The lowest BCUT2D eigenvalue weighted by Gasteiger charge is -2.22. The summed E-state index contributed by atoms with van der Waals surface area (Å²) < 4.78 is 0. The quantitative estimate of drug-likeness (QED) is 0.752. The fraction of sp³-hybridized carbons (Fsp3) is 0.444. The van der Waals surface area contributed by atoms with E-state index in [9.17, 15) is 0 Å². The van der Waals surface area contributed by atoms with E-state index < -0.39 is 0 Å². The number of rotatable bonds is 8. The second-order valence-corrected chi connectivity index (χ2v) is 6.38. The highest BCUT2D eigenvalue weighted by Crippen LogP contribution is 2.15. The third-order valence-electron chi connectivity index (χ3n) is 3.79. The zero-order valence-corrected chi connectivity index (χ0v) is 14.7. The van der Waals surface area contributed by atoms with Crippen molar-refractivity contribution < 1.29 is 0 Å². The van der Waals surface area contributed by atoms with Crippen LogP contribution in [0, 0.1) is 13.8 Å². The van der Waals surface area contributed by atoms with Gasteiger partial charge in [0.2, 0.25) is 0 Å². The van der Waals surface area contributed by atoms with Crippen molar-refractivity contribution in [1.29, 1.82) is 0 Å². The standard InChI is InChI=1S/C18H25ClN4/c1-14-9-15(2)18(22-11-14)13-23(8-4-3-6-20)12-17-10-16(19)5-7-21-17/h5,7,9-11H,3-4,6,8,12-13,20H2,1-2H3. The van der Waals surface area contributed by atoms with Crippen LogP contribution in [0.15, 0.2) is 30.6 Å². The van der Waals surface area contributed by atoms with Crippen LogP contribution in [0.5, 0.6) is 0 Å². The summed E-state index contributed by atoms with van der Waals surface area (Å²) in [4.78, 5) is 11.4. The summed E-state index contributed by atoms with van der Waals surface area (Å²) in [6.45, 7) is 7.46. The molecular weight excluding hydrogens is 308 g/mol. The Morgan fingerprint density at radius 2 is 1.96 bits per heavy atom. The molecule has 0 aromatic carbocycles. The van der Waals surface area contributed by atoms with Gasteiger partial charge in [-0.1, -0.05) is 17.7 Å². The smallest absolute Gasteiger partial charge is 0.0573 e. The molecule has 2 N–H and O–H groups in total. The van der Waals surface area contributed by atoms with Crippen LogP contribution in [0.3, 0.4) is 0 Å². The maximum atomic E-state index is 6.07. The Hall–Kier alpha value is -1.49. The molecule has 5 heteroatoms. The Morgan fingerprint density at radius 3 is 2.65 bits per heavy atom. The molecule has 0 aliphatic carbocycles. The van der Waals surface area contributed by atoms with Gasteiger partial charge in [-0.3, -0.25) is 14.9 Å². The molecule has 0 spiro atoms. The number of halogens is 1. The third-order valence-corrected chi connectivity index (χ3v) is 4.02. The van der Waals surface area contributed by atoms with E-state index in [4.69, 9.17) is 17.3 Å². The Morgan fingerprint density at radius 1 is 1.13 bits per heavy atom. The van der Waals surface area contributed by atoms with Gasteiger partial charge in [0.25, 0.3) is 0 Å². The van der Waals surface area contributed by atoms with E-state index in [1.807, 2.05) is 12.3 Å². The largest absolute Gasteiger partial charge is 0.330 e. The lowest BCUT2D eigenvalue weighted by atomic mass is 10.1. The molecule has 2 heterocycles. The van der Waals surface area contributed by atoms with Gasteiger partial charge in [-0.05, 0) is 63.0 Å². The Balaban J connectivity index is 2.09. The highest BCUT2D eigenvalue weighted by molar-refractivity contribution is 6.30. The van der Waals surface area contributed by atoms with Gasteiger partial charge in [0.1, 0.15) is 0 Å². The van der Waals surface area contributed by atoms with Crippen molar-refractivity contribution in [1.82, 2.24) is 14.9 Å². The molecule has 0 unspecified atom stereocenters. The fourth-order valence-corrected chi connectivity index (χ4v) is 2.76. The summed E-state index contributed by atoms with van der Waals surface area (Å²) in [7, 11) is 0. The highest BCUT2D eigenvalue weighted by atomic mass is 35.5. The summed E-state index contributed by atoms with van der Waals surface area (Å²) in [5.74, 6) is 0. The molecule has 124 valence electrons. The SMILES string of the molecule is Cc1cnc(CN(CCCCN)Cc2cc(Cl)ccn2)c(C)c1. The van der Waals surface area contributed by atoms with Crippen molar-refractivity contribution in [2.45, 2.75) is 39.8 Å². The maximum absolute atomic E-state index is 6.07. The van der Waals surface area contributed by atoms with E-state index in [1.165, 1.54) is 11.1 Å². The molecule has 0 aliphatic heterocycles. The van der Waals surface area contributed by atoms with Crippen LogP contribution in [0.2, 0.25) is 5.02 Å². The number of hydrogen-bond donors (Lipinski definition) is 1. The van der Waals surface area contributed by atoms with E-state index in [2.05, 4.69) is 34.8 Å². The van der Waals surface area contributed by atoms with Crippen molar-refractivity contribution in [2.75, 3.05) is 13.1 Å². The Labute approximate surface area is 143 Å². The average Bonchev–Trinajstić information content (AvgIpc) is 2.50. The van der Waals surface area contributed by atoms with Crippen molar-refractivity contribution in [3.63, 3.8) is 0 Å².